The van der Waals surface area contributed by atoms with Crippen LogP contribution in [0, 0.1) is 13.8 Å². The summed E-state index contributed by atoms with van der Waals surface area (Å²) in [5.74, 6) is 0.113. The van der Waals surface area contributed by atoms with Crippen LogP contribution in [0.25, 0.3) is 0 Å². The third-order valence-electron chi connectivity index (χ3n) is 2.56. The Bertz CT molecular complexity index is 574. The number of carbonyl (C=O) groups is 1. The van der Waals surface area contributed by atoms with Crippen molar-refractivity contribution in [1.29, 1.82) is 0 Å². The van der Waals surface area contributed by atoms with Crippen LogP contribution in [-0.4, -0.2) is 38.0 Å². The zero-order chi connectivity index (χ0) is 13.8. The molecule has 1 amide bonds. The van der Waals surface area contributed by atoms with Crippen molar-refractivity contribution in [1.82, 2.24) is 25.0 Å². The summed E-state index contributed by atoms with van der Waals surface area (Å²) in [5, 5.41) is 13.2. The summed E-state index contributed by atoms with van der Waals surface area (Å²) in [6.07, 6.45) is 0.310. The number of hydrogen-bond acceptors (Lipinski definition) is 5. The number of amides is 1. The lowest BCUT2D eigenvalue weighted by molar-refractivity contribution is -0.116. The van der Waals surface area contributed by atoms with Gasteiger partial charge in [0.2, 0.25) is 11.9 Å². The van der Waals surface area contributed by atoms with Crippen molar-refractivity contribution in [2.45, 2.75) is 26.8 Å². The van der Waals surface area contributed by atoms with Gasteiger partial charge in [-0.15, -0.1) is 5.10 Å². The molecular formula is C11H16N6O2. The van der Waals surface area contributed by atoms with Crippen LogP contribution in [-0.2, 0) is 11.3 Å². The van der Waals surface area contributed by atoms with Crippen molar-refractivity contribution in [3.8, 4) is 6.01 Å². The van der Waals surface area contributed by atoms with E-state index in [9.17, 15) is 4.79 Å². The van der Waals surface area contributed by atoms with E-state index in [-0.39, 0.29) is 17.9 Å². The van der Waals surface area contributed by atoms with E-state index in [1.165, 1.54) is 7.11 Å². The van der Waals surface area contributed by atoms with Gasteiger partial charge in [0.1, 0.15) is 0 Å². The molecule has 8 heteroatoms. The van der Waals surface area contributed by atoms with E-state index in [0.29, 0.717) is 13.0 Å². The number of anilines is 1. The molecule has 2 aromatic heterocycles. The molecule has 2 aromatic rings. The molecule has 2 N–H and O–H groups in total. The molecule has 19 heavy (non-hydrogen) atoms. The minimum atomic E-state index is -0.161. The summed E-state index contributed by atoms with van der Waals surface area (Å²) < 4.78 is 6.61. The van der Waals surface area contributed by atoms with Gasteiger partial charge in [-0.3, -0.25) is 14.8 Å². The number of carbonyl (C=O) groups excluding carboxylic acids is 1. The Balaban J connectivity index is 1.86. The molecule has 0 fully saturated rings. The van der Waals surface area contributed by atoms with E-state index in [4.69, 9.17) is 4.74 Å². The topological polar surface area (TPSA) is 97.7 Å². The summed E-state index contributed by atoms with van der Waals surface area (Å²) in [6, 6.07) is 2.16. The highest BCUT2D eigenvalue weighted by atomic mass is 16.5. The minimum Gasteiger partial charge on any atom is -0.466 e. The van der Waals surface area contributed by atoms with Crippen LogP contribution in [0.5, 0.6) is 6.01 Å². The van der Waals surface area contributed by atoms with E-state index in [1.54, 1.807) is 4.68 Å². The number of hydrogen-bond donors (Lipinski definition) is 2. The first kappa shape index (κ1) is 13.1. The molecule has 0 bridgehead atoms. The minimum absolute atomic E-state index is 0.161. The second-order valence-electron chi connectivity index (χ2n) is 4.12. The Morgan fingerprint density at radius 1 is 1.53 bits per heavy atom. The predicted octanol–water partition coefficient (Wildman–Crippen LogP) is 0.655. The van der Waals surface area contributed by atoms with E-state index < -0.39 is 0 Å². The summed E-state index contributed by atoms with van der Waals surface area (Å²) in [7, 11) is 1.46. The SMILES string of the molecule is COc1n[nH]c(NC(=O)CCn2nc(C)cc2C)n1. The zero-order valence-corrected chi connectivity index (χ0v) is 11.1. The smallest absolute Gasteiger partial charge is 0.336 e. The predicted molar refractivity (Wildman–Crippen MR) is 67.9 cm³/mol. The normalized spacial score (nSPS) is 10.5. The average Bonchev–Trinajstić information content (AvgIpc) is 2.93. The van der Waals surface area contributed by atoms with Crippen LogP contribution >= 0.6 is 0 Å². The number of rotatable bonds is 5. The molecule has 0 aliphatic rings. The van der Waals surface area contributed by atoms with E-state index in [2.05, 4.69) is 25.6 Å². The van der Waals surface area contributed by atoms with Crippen LogP contribution in [0.2, 0.25) is 0 Å². The number of nitrogens with one attached hydrogen (secondary N) is 2. The lowest BCUT2D eigenvalue weighted by Gasteiger charge is -2.04. The molecule has 0 saturated carbocycles. The van der Waals surface area contributed by atoms with Gasteiger partial charge >= 0.3 is 6.01 Å². The molecule has 0 aliphatic heterocycles. The number of ether oxygens (including phenoxy) is 1. The molecule has 2 heterocycles. The fourth-order valence-electron chi connectivity index (χ4n) is 1.70. The Morgan fingerprint density at radius 2 is 2.32 bits per heavy atom. The molecular weight excluding hydrogens is 248 g/mol. The van der Waals surface area contributed by atoms with Gasteiger partial charge in [-0.25, -0.2) is 5.10 Å². The number of aromatic amines is 1. The lowest BCUT2D eigenvalue weighted by atomic mass is 10.3. The third kappa shape index (κ3) is 3.30. The van der Waals surface area contributed by atoms with Crippen molar-refractivity contribution in [2.24, 2.45) is 0 Å². The van der Waals surface area contributed by atoms with Crippen LogP contribution < -0.4 is 10.1 Å². The maximum Gasteiger partial charge on any atom is 0.336 e. The number of H-pyrrole nitrogens is 1. The Labute approximate surface area is 110 Å². The maximum atomic E-state index is 11.7. The van der Waals surface area contributed by atoms with Crippen LogP contribution in [0.15, 0.2) is 6.07 Å². The maximum absolute atomic E-state index is 11.7. The van der Waals surface area contributed by atoms with Gasteiger partial charge in [0, 0.05) is 18.7 Å². The number of methoxy groups -OCH3 is 1. The van der Waals surface area contributed by atoms with Gasteiger partial charge < -0.3 is 4.74 Å². The Morgan fingerprint density at radius 3 is 2.89 bits per heavy atom. The molecule has 8 nitrogen and oxygen atoms in total. The number of nitrogens with zero attached hydrogens (tertiary/aromatic N) is 4. The second-order valence-corrected chi connectivity index (χ2v) is 4.12. The van der Waals surface area contributed by atoms with Gasteiger partial charge in [0.15, 0.2) is 0 Å². The van der Waals surface area contributed by atoms with Crippen molar-refractivity contribution in [2.75, 3.05) is 12.4 Å². The first-order valence-electron chi connectivity index (χ1n) is 5.86. The second kappa shape index (κ2) is 5.51. The molecule has 0 spiro atoms. The highest BCUT2D eigenvalue weighted by Crippen LogP contribution is 2.06. The molecule has 0 atom stereocenters. The van der Waals surface area contributed by atoms with Gasteiger partial charge in [0.05, 0.1) is 12.8 Å². The third-order valence-corrected chi connectivity index (χ3v) is 2.56. The molecule has 102 valence electrons. The average molecular weight is 264 g/mol. The molecule has 0 unspecified atom stereocenters. The summed E-state index contributed by atoms with van der Waals surface area (Å²) >= 11 is 0. The van der Waals surface area contributed by atoms with Crippen molar-refractivity contribution in [3.63, 3.8) is 0 Å². The van der Waals surface area contributed by atoms with E-state index >= 15 is 0 Å². The fourth-order valence-corrected chi connectivity index (χ4v) is 1.70. The number of aromatic nitrogens is 5. The summed E-state index contributed by atoms with van der Waals surface area (Å²) in [4.78, 5) is 15.6. The van der Waals surface area contributed by atoms with Crippen LogP contribution in [0.3, 0.4) is 0 Å². The van der Waals surface area contributed by atoms with Gasteiger partial charge in [-0.1, -0.05) is 0 Å². The summed E-state index contributed by atoms with van der Waals surface area (Å²) in [5.41, 5.74) is 1.98. The molecule has 2 rings (SSSR count). The van der Waals surface area contributed by atoms with Crippen molar-refractivity contribution >= 4 is 11.9 Å². The summed E-state index contributed by atoms with van der Waals surface area (Å²) in [6.45, 7) is 4.40. The largest absolute Gasteiger partial charge is 0.466 e. The van der Waals surface area contributed by atoms with Crippen molar-refractivity contribution in [3.05, 3.63) is 17.5 Å². The lowest BCUT2D eigenvalue weighted by Crippen LogP contribution is -2.16. The number of aryl methyl sites for hydroxylation is 3. The standard InChI is InChI=1S/C11H16N6O2/c1-7-6-8(2)17(16-7)5-4-9(18)12-10-13-11(19-3)15-14-10/h6H,4-5H2,1-3H3,(H2,12,13,14,15,18). The Kier molecular flexibility index (Phi) is 3.79. The van der Waals surface area contributed by atoms with E-state index in [1.807, 2.05) is 19.9 Å². The van der Waals surface area contributed by atoms with Crippen LogP contribution in [0.4, 0.5) is 5.95 Å². The zero-order valence-electron chi connectivity index (χ0n) is 11.1. The highest BCUT2D eigenvalue weighted by molar-refractivity contribution is 5.88. The molecule has 0 aliphatic carbocycles. The first-order valence-corrected chi connectivity index (χ1v) is 5.86. The molecule has 0 aromatic carbocycles. The van der Waals surface area contributed by atoms with Crippen molar-refractivity contribution < 1.29 is 9.53 Å². The van der Waals surface area contributed by atoms with E-state index in [0.717, 1.165) is 11.4 Å². The highest BCUT2D eigenvalue weighted by Gasteiger charge is 2.08. The van der Waals surface area contributed by atoms with Crippen LogP contribution in [0.1, 0.15) is 17.8 Å². The first-order chi connectivity index (χ1) is 9.08. The van der Waals surface area contributed by atoms with Gasteiger partial charge in [-0.05, 0) is 19.9 Å². The quantitative estimate of drug-likeness (QED) is 0.826. The molecule has 0 saturated heterocycles. The van der Waals surface area contributed by atoms with Gasteiger partial charge in [-0.2, -0.15) is 10.1 Å². The fraction of sp³-hybridized carbons (Fsp3) is 0.455. The monoisotopic (exact) mass is 264 g/mol. The molecule has 0 radical (unpaired) electrons. The van der Waals surface area contributed by atoms with Gasteiger partial charge in [0.25, 0.3) is 0 Å². The Hall–Kier alpha value is -2.38.